The molecule has 0 aliphatic carbocycles. The normalized spacial score (nSPS) is 12.5. The number of benzene rings is 1. The van der Waals surface area contributed by atoms with Crippen LogP contribution in [0.5, 0.6) is 0 Å². The molecule has 0 atom stereocenters. The van der Waals surface area contributed by atoms with Gasteiger partial charge in [0, 0.05) is 40.1 Å². The van der Waals surface area contributed by atoms with Crippen LogP contribution in [0.2, 0.25) is 0 Å². The molecule has 0 amide bonds. The summed E-state index contributed by atoms with van der Waals surface area (Å²) in [6.45, 7) is 5.90. The lowest BCUT2D eigenvalue weighted by atomic mass is 10.2. The molecule has 1 rings (SSSR count). The molecule has 0 aliphatic heterocycles. The molecule has 0 aliphatic rings. The molecule has 1 aromatic rings. The van der Waals surface area contributed by atoms with Gasteiger partial charge < -0.3 is 9.80 Å². The summed E-state index contributed by atoms with van der Waals surface area (Å²) in [5.41, 5.74) is 2.28. The van der Waals surface area contributed by atoms with Gasteiger partial charge in [-0.3, -0.25) is 0 Å². The Morgan fingerprint density at radius 1 is 0.880 bits per heavy atom. The summed E-state index contributed by atoms with van der Waals surface area (Å²) in [4.78, 5) is 4.09. The van der Waals surface area contributed by atoms with Gasteiger partial charge in [-0.25, -0.2) is 0 Å². The highest BCUT2D eigenvalue weighted by atomic mass is 15.1. The number of rotatable bonds is 7. The Bertz CT molecular complexity index is 764. The molecule has 0 N–H and O–H groups in total. The van der Waals surface area contributed by atoms with E-state index in [1.54, 1.807) is 0 Å². The largest absolute Gasteiger partial charge is 0.383 e. The van der Waals surface area contributed by atoms with E-state index in [1.807, 2.05) is 56.2 Å². The zero-order valence-corrected chi connectivity index (χ0v) is 16.1. The highest BCUT2D eigenvalue weighted by Gasteiger charge is 1.90. The van der Waals surface area contributed by atoms with Crippen molar-refractivity contribution in [2.75, 3.05) is 28.2 Å². The summed E-state index contributed by atoms with van der Waals surface area (Å²) in [6, 6.07) is 8.49. The van der Waals surface area contributed by atoms with Gasteiger partial charge in [0.2, 0.25) is 0 Å². The van der Waals surface area contributed by atoms with Gasteiger partial charge in [0.1, 0.15) is 0 Å². The maximum absolute atomic E-state index is 3.82. The fourth-order valence-electron chi connectivity index (χ4n) is 2.10. The lowest BCUT2D eigenvalue weighted by Gasteiger charge is -2.12. The van der Waals surface area contributed by atoms with Crippen LogP contribution in [0.3, 0.4) is 0 Å². The van der Waals surface area contributed by atoms with E-state index >= 15 is 0 Å². The SMILES string of the molecule is C=C\C(=C/C=C(C)/C=C/C=C/C=c1ccc(=CN(C)C)cc1)N(C)C. The number of allylic oxidation sites excluding steroid dienone is 8. The molecule has 0 unspecified atom stereocenters. The van der Waals surface area contributed by atoms with Crippen molar-refractivity contribution < 1.29 is 0 Å². The predicted molar refractivity (Wildman–Crippen MR) is 112 cm³/mol. The summed E-state index contributed by atoms with van der Waals surface area (Å²) in [5.74, 6) is 0. The molecule has 0 bridgehead atoms. The van der Waals surface area contributed by atoms with Gasteiger partial charge in [-0.15, -0.1) is 0 Å². The summed E-state index contributed by atoms with van der Waals surface area (Å²) < 4.78 is 0. The quantitative estimate of drug-likeness (QED) is 0.705. The molecule has 0 fully saturated rings. The maximum Gasteiger partial charge on any atom is 0.0355 e. The standard InChI is InChI=1S/C23H30N2/c1-7-23(25(5)6)18-13-20(2)11-9-8-10-12-21-14-16-22(17-15-21)19-24(3)4/h7-19H,1H2,2-6H3/b10-8+,11-9+,20-13+,21-12?,22-19?,23-18+. The van der Waals surface area contributed by atoms with Gasteiger partial charge in [0.05, 0.1) is 0 Å². The molecular formula is C23H30N2. The van der Waals surface area contributed by atoms with Crippen molar-refractivity contribution in [1.82, 2.24) is 9.80 Å². The van der Waals surface area contributed by atoms with E-state index in [4.69, 9.17) is 0 Å². The van der Waals surface area contributed by atoms with E-state index in [2.05, 4.69) is 74.3 Å². The lowest BCUT2D eigenvalue weighted by Crippen LogP contribution is -2.12. The number of nitrogens with zero attached hydrogens (tertiary/aromatic N) is 2. The molecule has 2 nitrogen and oxygen atoms in total. The third-order valence-corrected chi connectivity index (χ3v) is 3.46. The van der Waals surface area contributed by atoms with Gasteiger partial charge in [0.15, 0.2) is 0 Å². The fourth-order valence-corrected chi connectivity index (χ4v) is 2.10. The summed E-state index contributed by atoms with van der Waals surface area (Å²) in [5, 5.41) is 2.40. The first kappa shape index (κ1) is 20.3. The molecule has 25 heavy (non-hydrogen) atoms. The Balaban J connectivity index is 2.71. The lowest BCUT2D eigenvalue weighted by molar-refractivity contribution is 0.530. The van der Waals surface area contributed by atoms with Gasteiger partial charge in [0.25, 0.3) is 0 Å². The number of hydrogen-bond donors (Lipinski definition) is 0. The minimum absolute atomic E-state index is 1.09. The number of hydrogen-bond acceptors (Lipinski definition) is 2. The molecule has 0 aromatic heterocycles. The first-order valence-electron chi connectivity index (χ1n) is 8.40. The van der Waals surface area contributed by atoms with Crippen molar-refractivity contribution in [2.45, 2.75) is 6.92 Å². The Morgan fingerprint density at radius 3 is 2.08 bits per heavy atom. The highest BCUT2D eigenvalue weighted by Crippen LogP contribution is 2.03. The van der Waals surface area contributed by atoms with Crippen LogP contribution in [0.15, 0.2) is 84.6 Å². The second kappa shape index (κ2) is 10.9. The van der Waals surface area contributed by atoms with Gasteiger partial charge >= 0.3 is 0 Å². The Hall–Kier alpha value is -2.74. The molecule has 2 heteroatoms. The second-order valence-electron chi connectivity index (χ2n) is 6.27. The van der Waals surface area contributed by atoms with Crippen molar-refractivity contribution in [3.8, 4) is 0 Å². The van der Waals surface area contributed by atoms with Gasteiger partial charge in [-0.05, 0) is 29.5 Å². The van der Waals surface area contributed by atoms with E-state index in [-0.39, 0.29) is 0 Å². The molecule has 0 spiro atoms. The van der Waals surface area contributed by atoms with E-state index in [0.717, 1.165) is 5.70 Å². The summed E-state index contributed by atoms with van der Waals surface area (Å²) >= 11 is 0. The Morgan fingerprint density at radius 2 is 1.52 bits per heavy atom. The molecule has 0 radical (unpaired) electrons. The van der Waals surface area contributed by atoms with Crippen LogP contribution in [0.25, 0.3) is 12.3 Å². The first-order valence-corrected chi connectivity index (χ1v) is 8.40. The molecule has 132 valence electrons. The van der Waals surface area contributed by atoms with Crippen LogP contribution in [-0.4, -0.2) is 38.0 Å². The minimum atomic E-state index is 1.09. The highest BCUT2D eigenvalue weighted by molar-refractivity contribution is 5.39. The zero-order chi connectivity index (χ0) is 18.7. The first-order chi connectivity index (χ1) is 11.9. The van der Waals surface area contributed by atoms with Crippen LogP contribution in [0.4, 0.5) is 0 Å². The third kappa shape index (κ3) is 8.61. The summed E-state index contributed by atoms with van der Waals surface area (Å²) in [6.07, 6.45) is 18.4. The van der Waals surface area contributed by atoms with Crippen molar-refractivity contribution in [3.05, 3.63) is 95.1 Å². The van der Waals surface area contributed by atoms with Crippen LogP contribution in [0.1, 0.15) is 6.92 Å². The number of likely N-dealkylation sites (N-methyl/N-ethyl adjacent to an activating group) is 1. The average Bonchev–Trinajstić information content (AvgIpc) is 2.55. The van der Waals surface area contributed by atoms with E-state index in [9.17, 15) is 0 Å². The second-order valence-corrected chi connectivity index (χ2v) is 6.27. The molecule has 0 saturated heterocycles. The minimum Gasteiger partial charge on any atom is -0.383 e. The summed E-state index contributed by atoms with van der Waals surface area (Å²) in [7, 11) is 8.08. The van der Waals surface area contributed by atoms with Crippen LogP contribution in [0, 0.1) is 0 Å². The fraction of sp³-hybridized carbons (Fsp3) is 0.217. The monoisotopic (exact) mass is 334 g/mol. The van der Waals surface area contributed by atoms with Crippen molar-refractivity contribution in [1.29, 1.82) is 0 Å². The third-order valence-electron chi connectivity index (χ3n) is 3.46. The Kier molecular flexibility index (Phi) is 8.87. The maximum atomic E-state index is 3.82. The molecular weight excluding hydrogens is 304 g/mol. The van der Waals surface area contributed by atoms with Crippen molar-refractivity contribution in [3.63, 3.8) is 0 Å². The van der Waals surface area contributed by atoms with Crippen LogP contribution >= 0.6 is 0 Å². The van der Waals surface area contributed by atoms with Crippen LogP contribution in [-0.2, 0) is 0 Å². The molecule has 0 heterocycles. The van der Waals surface area contributed by atoms with Crippen LogP contribution < -0.4 is 10.4 Å². The molecule has 1 aromatic carbocycles. The van der Waals surface area contributed by atoms with Crippen molar-refractivity contribution in [2.24, 2.45) is 0 Å². The van der Waals surface area contributed by atoms with E-state index in [1.165, 1.54) is 16.0 Å². The van der Waals surface area contributed by atoms with Gasteiger partial charge in [-0.2, -0.15) is 0 Å². The van der Waals surface area contributed by atoms with Gasteiger partial charge in [-0.1, -0.05) is 72.9 Å². The average molecular weight is 335 g/mol. The van der Waals surface area contributed by atoms with Crippen molar-refractivity contribution >= 4 is 12.3 Å². The topological polar surface area (TPSA) is 6.48 Å². The smallest absolute Gasteiger partial charge is 0.0355 e. The zero-order valence-electron chi connectivity index (χ0n) is 16.1. The molecule has 0 saturated carbocycles. The van der Waals surface area contributed by atoms with E-state index in [0.29, 0.717) is 0 Å². The predicted octanol–water partition coefficient (Wildman–Crippen LogP) is 3.46. The van der Waals surface area contributed by atoms with E-state index < -0.39 is 0 Å². The Labute approximate surface area is 152 Å².